The number of carbonyl (C=O) groups is 2. The zero-order valence-corrected chi connectivity index (χ0v) is 30.1. The molecule has 13 heteroatoms. The summed E-state index contributed by atoms with van der Waals surface area (Å²) in [5.41, 5.74) is -1.95. The highest BCUT2D eigenvalue weighted by molar-refractivity contribution is 6.31. The summed E-state index contributed by atoms with van der Waals surface area (Å²) in [5, 5.41) is 17.4. The standard InChI is InChI=1S/C36H45Cl2F2N5O4/c1-34(2,3)18-28-36(21-41,25-10-9-22(37)17-27(25)39)30(24-7-6-8-26(38)31(24)40)32(43-28)33(47)45-15-13-44(14-16-45)19-29(46)42-12-11-23-20-48-35(4,5)49-23/h6-10,17,23,28,30,32,43H,11-16,18-20H2,1-5H3,(H,42,46)/t23?,28-,30-,32+,36-/m0/s1. The number of piperazine rings is 1. The Labute approximate surface area is 297 Å². The Bertz CT molecular complexity index is 1590. The summed E-state index contributed by atoms with van der Waals surface area (Å²) >= 11 is 12.4. The van der Waals surface area contributed by atoms with E-state index in [2.05, 4.69) is 16.7 Å². The van der Waals surface area contributed by atoms with Crippen LogP contribution >= 0.6 is 23.2 Å². The van der Waals surface area contributed by atoms with Crippen LogP contribution in [0.15, 0.2) is 36.4 Å². The van der Waals surface area contributed by atoms with Crippen molar-refractivity contribution in [1.29, 1.82) is 5.26 Å². The number of ether oxygens (including phenoxy) is 2. The van der Waals surface area contributed by atoms with Gasteiger partial charge in [-0.25, -0.2) is 8.78 Å². The molecule has 5 rings (SSSR count). The number of halogens is 4. The van der Waals surface area contributed by atoms with Crippen molar-refractivity contribution in [3.8, 4) is 6.07 Å². The summed E-state index contributed by atoms with van der Waals surface area (Å²) in [6, 6.07) is 9.15. The molecule has 2 aromatic rings. The second kappa shape index (κ2) is 14.8. The Morgan fingerprint density at radius 1 is 1.12 bits per heavy atom. The average Bonchev–Trinajstić information content (AvgIpc) is 3.53. The summed E-state index contributed by atoms with van der Waals surface area (Å²) in [6.45, 7) is 12.3. The molecule has 49 heavy (non-hydrogen) atoms. The lowest BCUT2D eigenvalue weighted by atomic mass is 9.62. The van der Waals surface area contributed by atoms with E-state index in [0.29, 0.717) is 52.2 Å². The van der Waals surface area contributed by atoms with Gasteiger partial charge in [0.15, 0.2) is 5.79 Å². The van der Waals surface area contributed by atoms with Crippen LogP contribution in [0.5, 0.6) is 0 Å². The number of hydrogen-bond donors (Lipinski definition) is 2. The van der Waals surface area contributed by atoms with Gasteiger partial charge in [-0.3, -0.25) is 14.5 Å². The lowest BCUT2D eigenvalue weighted by Gasteiger charge is -2.38. The van der Waals surface area contributed by atoms with Gasteiger partial charge < -0.3 is 25.0 Å². The van der Waals surface area contributed by atoms with Gasteiger partial charge in [0.05, 0.1) is 36.4 Å². The first kappa shape index (κ1) is 37.4. The minimum atomic E-state index is -1.70. The SMILES string of the molecule is CC(C)(C)C[C@@H]1N[C@@H](C(=O)N2CCN(CC(=O)NCCC3COC(C)(C)O3)CC2)[C@H](c2cccc(Cl)c2F)[C@@]1(C#N)c1ccc(Cl)cc1F. The largest absolute Gasteiger partial charge is 0.355 e. The highest BCUT2D eigenvalue weighted by atomic mass is 35.5. The molecule has 3 saturated heterocycles. The number of rotatable bonds is 9. The van der Waals surface area contributed by atoms with Gasteiger partial charge in [-0.1, -0.05) is 62.2 Å². The molecule has 2 N–H and O–H groups in total. The molecule has 1 unspecified atom stereocenters. The summed E-state index contributed by atoms with van der Waals surface area (Å²) in [6.07, 6.45) is 0.948. The van der Waals surface area contributed by atoms with Crippen molar-refractivity contribution >= 4 is 35.0 Å². The topological polar surface area (TPSA) is 107 Å². The van der Waals surface area contributed by atoms with Crippen LogP contribution in [0.2, 0.25) is 10.0 Å². The number of carbonyl (C=O) groups excluding carboxylic acids is 2. The fourth-order valence-corrected chi connectivity index (χ4v) is 7.74. The van der Waals surface area contributed by atoms with Crippen LogP contribution in [0.1, 0.15) is 64.5 Å². The van der Waals surface area contributed by atoms with Gasteiger partial charge in [0.2, 0.25) is 11.8 Å². The van der Waals surface area contributed by atoms with Crippen LogP contribution in [-0.4, -0.2) is 91.5 Å². The Morgan fingerprint density at radius 3 is 2.45 bits per heavy atom. The molecule has 2 amide bonds. The fraction of sp³-hybridized carbons (Fsp3) is 0.583. The predicted molar refractivity (Wildman–Crippen MR) is 183 cm³/mol. The smallest absolute Gasteiger partial charge is 0.240 e. The van der Waals surface area contributed by atoms with Gasteiger partial charge in [-0.05, 0) is 55.9 Å². The second-order valence-corrected chi connectivity index (χ2v) is 15.7. The van der Waals surface area contributed by atoms with E-state index in [1.54, 1.807) is 11.0 Å². The molecule has 3 aliphatic heterocycles. The average molecular weight is 721 g/mol. The Hall–Kier alpha value is -2.85. The van der Waals surface area contributed by atoms with Crippen molar-refractivity contribution in [2.24, 2.45) is 5.41 Å². The Balaban J connectivity index is 1.36. The number of hydrogen-bond acceptors (Lipinski definition) is 7. The van der Waals surface area contributed by atoms with Crippen molar-refractivity contribution in [3.63, 3.8) is 0 Å². The van der Waals surface area contributed by atoms with Crippen LogP contribution in [0, 0.1) is 28.4 Å². The summed E-state index contributed by atoms with van der Waals surface area (Å²) < 4.78 is 43.2. The first-order valence-electron chi connectivity index (χ1n) is 16.7. The van der Waals surface area contributed by atoms with Crippen LogP contribution in [0.4, 0.5) is 8.78 Å². The lowest BCUT2D eigenvalue weighted by molar-refractivity contribution is -0.138. The molecule has 0 spiro atoms. The van der Waals surface area contributed by atoms with Crippen molar-refractivity contribution in [2.45, 2.75) is 82.8 Å². The number of nitriles is 1. The van der Waals surface area contributed by atoms with Gasteiger partial charge in [0.25, 0.3) is 0 Å². The van der Waals surface area contributed by atoms with E-state index in [-0.39, 0.29) is 51.1 Å². The number of nitrogens with one attached hydrogen (secondary N) is 2. The first-order valence-corrected chi connectivity index (χ1v) is 17.5. The number of amides is 2. The molecule has 3 fully saturated rings. The van der Waals surface area contributed by atoms with E-state index in [0.717, 1.165) is 6.07 Å². The van der Waals surface area contributed by atoms with Gasteiger partial charge in [-0.2, -0.15) is 5.26 Å². The first-order chi connectivity index (χ1) is 23.0. The Kier molecular flexibility index (Phi) is 11.3. The minimum absolute atomic E-state index is 0.0346. The second-order valence-electron chi connectivity index (χ2n) is 14.9. The fourth-order valence-electron chi connectivity index (χ4n) is 7.40. The van der Waals surface area contributed by atoms with Crippen LogP contribution in [0.3, 0.4) is 0 Å². The molecule has 0 aromatic heterocycles. The normalized spacial score (nSPS) is 27.2. The van der Waals surface area contributed by atoms with Crippen molar-refractivity contribution in [2.75, 3.05) is 45.9 Å². The zero-order chi connectivity index (χ0) is 35.7. The molecule has 9 nitrogen and oxygen atoms in total. The monoisotopic (exact) mass is 719 g/mol. The maximum atomic E-state index is 16.0. The van der Waals surface area contributed by atoms with Crippen molar-refractivity contribution in [1.82, 2.24) is 20.4 Å². The van der Waals surface area contributed by atoms with Crippen molar-refractivity contribution in [3.05, 3.63) is 69.2 Å². The molecular weight excluding hydrogens is 675 g/mol. The molecule has 0 bridgehead atoms. The number of benzene rings is 2. The Morgan fingerprint density at radius 2 is 1.84 bits per heavy atom. The predicted octanol–water partition coefficient (Wildman–Crippen LogP) is 5.40. The number of nitrogens with zero attached hydrogens (tertiary/aromatic N) is 3. The lowest BCUT2D eigenvalue weighted by Crippen LogP contribution is -2.55. The third-order valence-corrected chi connectivity index (χ3v) is 10.1. The summed E-state index contributed by atoms with van der Waals surface area (Å²) in [7, 11) is 0. The molecule has 0 saturated carbocycles. The van der Waals surface area contributed by atoms with Crippen LogP contribution in [-0.2, 0) is 24.5 Å². The molecule has 3 aliphatic rings. The van der Waals surface area contributed by atoms with E-state index >= 15 is 8.78 Å². The van der Waals surface area contributed by atoms with E-state index in [4.69, 9.17) is 32.7 Å². The van der Waals surface area contributed by atoms with Crippen molar-refractivity contribution < 1.29 is 27.8 Å². The maximum Gasteiger partial charge on any atom is 0.240 e. The van der Waals surface area contributed by atoms with Gasteiger partial charge in [0, 0.05) is 55.3 Å². The maximum absolute atomic E-state index is 16.0. The molecule has 266 valence electrons. The molecule has 0 radical (unpaired) electrons. The van der Waals surface area contributed by atoms with E-state index in [1.165, 1.54) is 24.3 Å². The summed E-state index contributed by atoms with van der Waals surface area (Å²) in [5.74, 6) is -3.67. The van der Waals surface area contributed by atoms with E-state index < -0.39 is 40.8 Å². The molecule has 2 aromatic carbocycles. The highest BCUT2D eigenvalue weighted by Crippen LogP contribution is 2.53. The molecular formula is C36H45Cl2F2N5O4. The molecule has 5 atom stereocenters. The summed E-state index contributed by atoms with van der Waals surface area (Å²) in [4.78, 5) is 30.8. The molecule has 0 aliphatic carbocycles. The van der Waals surface area contributed by atoms with E-state index in [9.17, 15) is 14.9 Å². The van der Waals surface area contributed by atoms with E-state index in [1.807, 2.05) is 39.5 Å². The zero-order valence-electron chi connectivity index (χ0n) is 28.6. The highest BCUT2D eigenvalue weighted by Gasteiger charge is 2.61. The van der Waals surface area contributed by atoms with Gasteiger partial charge in [-0.15, -0.1) is 0 Å². The third kappa shape index (κ3) is 8.22. The van der Waals surface area contributed by atoms with Gasteiger partial charge in [0.1, 0.15) is 17.0 Å². The molecule has 3 heterocycles. The third-order valence-electron chi connectivity index (χ3n) is 9.62. The van der Waals surface area contributed by atoms with Crippen LogP contribution in [0.25, 0.3) is 0 Å². The van der Waals surface area contributed by atoms with Crippen LogP contribution < -0.4 is 10.6 Å². The van der Waals surface area contributed by atoms with Gasteiger partial charge >= 0.3 is 0 Å². The minimum Gasteiger partial charge on any atom is -0.355 e. The quantitative estimate of drug-likeness (QED) is 0.358.